The van der Waals surface area contributed by atoms with E-state index in [9.17, 15) is 4.79 Å². The molecule has 2 heterocycles. The molecule has 1 aliphatic rings. The number of nitrogens with zero attached hydrogens (tertiary/aromatic N) is 2. The molecule has 2 aromatic carbocycles. The van der Waals surface area contributed by atoms with Crippen molar-refractivity contribution in [1.82, 2.24) is 9.55 Å². The maximum atomic E-state index is 12.9. The number of carbonyl (C=O) groups excluding carboxylic acids is 1. The van der Waals surface area contributed by atoms with Crippen LogP contribution in [0.5, 0.6) is 0 Å². The van der Waals surface area contributed by atoms with Gasteiger partial charge in [-0.15, -0.1) is 0 Å². The number of para-hydroxylation sites is 1. The van der Waals surface area contributed by atoms with Crippen molar-refractivity contribution in [3.8, 4) is 11.3 Å². The van der Waals surface area contributed by atoms with Crippen molar-refractivity contribution < 1.29 is 13.9 Å². The van der Waals surface area contributed by atoms with Gasteiger partial charge >= 0.3 is 5.97 Å². The average Bonchev–Trinajstić information content (AvgIpc) is 3.52. The fourth-order valence-electron chi connectivity index (χ4n) is 4.29. The number of aryl methyl sites for hydroxylation is 1. The van der Waals surface area contributed by atoms with E-state index in [1.807, 2.05) is 47.9 Å². The number of fused-ring (bicyclic) bond motifs is 1. The molecule has 2 aromatic heterocycles. The predicted molar refractivity (Wildman–Crippen MR) is 132 cm³/mol. The number of nitrogen functional groups attached to an aromatic ring is 1. The number of hydrogen-bond donors (Lipinski definition) is 1. The van der Waals surface area contributed by atoms with Crippen LogP contribution in [-0.4, -0.2) is 22.1 Å². The van der Waals surface area contributed by atoms with Gasteiger partial charge in [0.05, 0.1) is 16.8 Å². The third-order valence-electron chi connectivity index (χ3n) is 6.06. The Hall–Kier alpha value is -3.06. The van der Waals surface area contributed by atoms with E-state index >= 15 is 0 Å². The number of esters is 1. The maximum Gasteiger partial charge on any atom is 0.356 e. The van der Waals surface area contributed by atoms with Gasteiger partial charge in [0.15, 0.2) is 11.5 Å². The molecule has 0 bridgehead atoms. The molecule has 0 spiro atoms. The van der Waals surface area contributed by atoms with Crippen LogP contribution in [0, 0.1) is 0 Å². The number of carbonyl (C=O) groups is 1. The Balaban J connectivity index is 1.57. The van der Waals surface area contributed by atoms with Gasteiger partial charge in [0.25, 0.3) is 0 Å². The summed E-state index contributed by atoms with van der Waals surface area (Å²) in [6.07, 6.45) is 2.89. The van der Waals surface area contributed by atoms with Crippen molar-refractivity contribution in [1.29, 1.82) is 0 Å². The molecule has 0 atom stereocenters. The van der Waals surface area contributed by atoms with Gasteiger partial charge in [0.2, 0.25) is 0 Å². The quantitative estimate of drug-likeness (QED) is 0.234. The van der Waals surface area contributed by atoms with E-state index in [4.69, 9.17) is 19.9 Å². The number of aromatic nitrogens is 2. The fraction of sp³-hybridized carbons (Fsp3) is 0.308. The molecule has 2 N–H and O–H groups in total. The maximum absolute atomic E-state index is 12.9. The zero-order chi connectivity index (χ0) is 23.1. The fourth-order valence-corrected chi connectivity index (χ4v) is 4.89. The van der Waals surface area contributed by atoms with Gasteiger partial charge in [-0.05, 0) is 65.5 Å². The van der Waals surface area contributed by atoms with Gasteiger partial charge in [-0.1, -0.05) is 25.1 Å². The first-order chi connectivity index (χ1) is 16.0. The molecule has 0 radical (unpaired) electrons. The minimum Gasteiger partial charge on any atom is -0.461 e. The second-order valence-corrected chi connectivity index (χ2v) is 9.15. The second-order valence-electron chi connectivity index (χ2n) is 8.36. The number of rotatable bonds is 7. The summed E-state index contributed by atoms with van der Waals surface area (Å²) in [5, 5.41) is 0.962. The lowest BCUT2D eigenvalue weighted by Crippen LogP contribution is -2.16. The largest absolute Gasteiger partial charge is 0.461 e. The SMILES string of the molecule is CCOC(=O)c1c(C2CC2)nc(CC)n1Cc1ccc2oc(-c3ccccc3N)c(Br)c2c1. The lowest BCUT2D eigenvalue weighted by Gasteiger charge is -2.12. The molecule has 4 aromatic rings. The summed E-state index contributed by atoms with van der Waals surface area (Å²) in [5.41, 5.74) is 11.0. The summed E-state index contributed by atoms with van der Waals surface area (Å²) in [7, 11) is 0. The van der Waals surface area contributed by atoms with Crippen LogP contribution in [0.3, 0.4) is 0 Å². The molecule has 0 aliphatic heterocycles. The monoisotopic (exact) mass is 507 g/mol. The highest BCUT2D eigenvalue weighted by molar-refractivity contribution is 9.10. The van der Waals surface area contributed by atoms with Crippen molar-refractivity contribution in [2.75, 3.05) is 12.3 Å². The molecule has 6 nitrogen and oxygen atoms in total. The zero-order valence-corrected chi connectivity index (χ0v) is 20.3. The standard InChI is InChI=1S/C26H26BrN3O3/c1-3-21-29-23(16-10-11-16)24(26(31)32-4-2)30(21)14-15-9-12-20-18(13-15)22(27)25(33-20)17-7-5-6-8-19(17)28/h5-9,12-13,16H,3-4,10-11,14,28H2,1-2H3. The molecular formula is C26H26BrN3O3. The molecule has 33 heavy (non-hydrogen) atoms. The van der Waals surface area contributed by atoms with Crippen LogP contribution in [-0.2, 0) is 17.7 Å². The Bertz CT molecular complexity index is 1350. The molecule has 170 valence electrons. The minimum atomic E-state index is -0.293. The first kappa shape index (κ1) is 21.8. The van der Waals surface area contributed by atoms with Crippen LogP contribution in [0.1, 0.15) is 60.2 Å². The molecule has 0 saturated heterocycles. The van der Waals surface area contributed by atoms with Crippen LogP contribution in [0.2, 0.25) is 0 Å². The summed E-state index contributed by atoms with van der Waals surface area (Å²) in [5.74, 6) is 1.68. The number of anilines is 1. The number of hydrogen-bond acceptors (Lipinski definition) is 5. The summed E-state index contributed by atoms with van der Waals surface area (Å²) in [6.45, 7) is 4.77. The third-order valence-corrected chi connectivity index (χ3v) is 6.85. The Kier molecular flexibility index (Phi) is 5.74. The summed E-state index contributed by atoms with van der Waals surface area (Å²) < 4.78 is 14.4. The average molecular weight is 508 g/mol. The van der Waals surface area contributed by atoms with Crippen LogP contribution >= 0.6 is 15.9 Å². The zero-order valence-electron chi connectivity index (χ0n) is 18.7. The van der Waals surface area contributed by atoms with Gasteiger partial charge in [-0.2, -0.15) is 0 Å². The van der Waals surface area contributed by atoms with Crippen LogP contribution in [0.15, 0.2) is 51.4 Å². The molecule has 1 fully saturated rings. The normalized spacial score (nSPS) is 13.5. The smallest absolute Gasteiger partial charge is 0.356 e. The van der Waals surface area contributed by atoms with Gasteiger partial charge in [0.1, 0.15) is 11.4 Å². The Morgan fingerprint density at radius 1 is 1.24 bits per heavy atom. The van der Waals surface area contributed by atoms with Crippen molar-refractivity contribution in [2.24, 2.45) is 0 Å². The molecule has 1 aliphatic carbocycles. The number of benzene rings is 2. The highest BCUT2D eigenvalue weighted by atomic mass is 79.9. The lowest BCUT2D eigenvalue weighted by atomic mass is 10.1. The predicted octanol–water partition coefficient (Wildman–Crippen LogP) is 6.31. The van der Waals surface area contributed by atoms with Crippen molar-refractivity contribution in [3.63, 3.8) is 0 Å². The Morgan fingerprint density at radius 3 is 2.73 bits per heavy atom. The Morgan fingerprint density at radius 2 is 2.03 bits per heavy atom. The highest BCUT2D eigenvalue weighted by Gasteiger charge is 2.34. The van der Waals surface area contributed by atoms with Crippen LogP contribution in [0.4, 0.5) is 5.69 Å². The topological polar surface area (TPSA) is 83.3 Å². The van der Waals surface area contributed by atoms with Crippen molar-refractivity contribution in [2.45, 2.75) is 45.6 Å². The van der Waals surface area contributed by atoms with Gasteiger partial charge < -0.3 is 19.5 Å². The van der Waals surface area contributed by atoms with E-state index in [-0.39, 0.29) is 5.97 Å². The Labute approximate surface area is 200 Å². The molecule has 0 unspecified atom stereocenters. The van der Waals surface area contributed by atoms with Crippen molar-refractivity contribution in [3.05, 3.63) is 69.7 Å². The van der Waals surface area contributed by atoms with E-state index in [1.165, 1.54) is 0 Å². The highest BCUT2D eigenvalue weighted by Crippen LogP contribution is 2.42. The van der Waals surface area contributed by atoms with Gasteiger partial charge in [-0.25, -0.2) is 9.78 Å². The third kappa shape index (κ3) is 3.95. The molecular weight excluding hydrogens is 482 g/mol. The summed E-state index contributed by atoms with van der Waals surface area (Å²) in [4.78, 5) is 17.7. The lowest BCUT2D eigenvalue weighted by molar-refractivity contribution is 0.0512. The summed E-state index contributed by atoms with van der Waals surface area (Å²) >= 11 is 3.72. The number of furan rings is 1. The van der Waals surface area contributed by atoms with E-state index < -0.39 is 0 Å². The van der Waals surface area contributed by atoms with Crippen LogP contribution in [0.25, 0.3) is 22.3 Å². The number of nitrogens with two attached hydrogens (primary N) is 1. The van der Waals surface area contributed by atoms with E-state index in [2.05, 4.69) is 28.9 Å². The minimum absolute atomic E-state index is 0.293. The van der Waals surface area contributed by atoms with E-state index in [1.54, 1.807) is 0 Å². The summed E-state index contributed by atoms with van der Waals surface area (Å²) in [6, 6.07) is 13.7. The number of ether oxygens (including phenoxy) is 1. The van der Waals surface area contributed by atoms with Gasteiger partial charge in [0, 0.05) is 35.5 Å². The van der Waals surface area contributed by atoms with Gasteiger partial charge in [-0.3, -0.25) is 0 Å². The molecule has 5 rings (SSSR count). The molecule has 0 amide bonds. The number of halogens is 1. The van der Waals surface area contributed by atoms with Crippen molar-refractivity contribution >= 4 is 38.6 Å². The van der Waals surface area contributed by atoms with E-state index in [0.29, 0.717) is 36.2 Å². The van der Waals surface area contributed by atoms with Crippen LogP contribution < -0.4 is 5.73 Å². The molecule has 1 saturated carbocycles. The van der Waals surface area contributed by atoms with E-state index in [0.717, 1.165) is 57.3 Å². The molecule has 7 heteroatoms. The second kappa shape index (κ2) is 8.71. The first-order valence-corrected chi connectivity index (χ1v) is 12.1. The number of imidazole rings is 1. The first-order valence-electron chi connectivity index (χ1n) is 11.3.